The normalized spacial score (nSPS) is 17.7. The number of rotatable bonds is 11. The molecule has 0 bridgehead atoms. The van der Waals surface area contributed by atoms with E-state index in [1.807, 2.05) is 18.8 Å². The molecule has 2 aromatic rings. The summed E-state index contributed by atoms with van der Waals surface area (Å²) in [6.45, 7) is 0.646. The topological polar surface area (TPSA) is 58.2 Å². The van der Waals surface area contributed by atoms with Crippen LogP contribution in [-0.2, 0) is 0 Å². The molecule has 1 heterocycles. The first-order chi connectivity index (χ1) is 15.6. The minimum absolute atomic E-state index is 0.343. The molecule has 2 atom stereocenters. The van der Waals surface area contributed by atoms with Crippen LogP contribution in [0.1, 0.15) is 34.5 Å². The lowest BCUT2D eigenvalue weighted by Gasteiger charge is -2.20. The summed E-state index contributed by atoms with van der Waals surface area (Å²) in [6.07, 6.45) is 4.21. The highest BCUT2D eigenvalue weighted by molar-refractivity contribution is 8.00. The second kappa shape index (κ2) is 11.7. The number of hydrogen-bond donors (Lipinski definition) is 1. The van der Waals surface area contributed by atoms with E-state index in [1.54, 1.807) is 40.2 Å². The van der Waals surface area contributed by atoms with Crippen molar-refractivity contribution in [2.75, 3.05) is 59.4 Å². The number of anilines is 1. The maximum atomic E-state index is 6.02. The molecule has 2 aromatic carbocycles. The van der Waals surface area contributed by atoms with Gasteiger partial charge in [-0.05, 0) is 54.5 Å². The summed E-state index contributed by atoms with van der Waals surface area (Å²) in [5.41, 5.74) is 3.38. The van der Waals surface area contributed by atoms with Gasteiger partial charge in [-0.15, -0.1) is 11.8 Å². The van der Waals surface area contributed by atoms with Crippen LogP contribution >= 0.6 is 23.5 Å². The van der Waals surface area contributed by atoms with E-state index in [1.165, 1.54) is 11.1 Å². The van der Waals surface area contributed by atoms with Crippen LogP contribution in [0.15, 0.2) is 24.3 Å². The minimum Gasteiger partial charge on any atom is -0.493 e. The molecule has 176 valence electrons. The van der Waals surface area contributed by atoms with E-state index in [0.717, 1.165) is 35.8 Å². The predicted octanol–water partition coefficient (Wildman–Crippen LogP) is 5.81. The van der Waals surface area contributed by atoms with Crippen molar-refractivity contribution >= 4 is 29.2 Å². The average Bonchev–Trinajstić information content (AvgIpc) is 3.33. The van der Waals surface area contributed by atoms with Gasteiger partial charge in [0.25, 0.3) is 0 Å². The Kier molecular flexibility index (Phi) is 8.99. The lowest BCUT2D eigenvalue weighted by Crippen LogP contribution is -2.05. The van der Waals surface area contributed by atoms with Gasteiger partial charge in [-0.3, -0.25) is 0 Å². The van der Waals surface area contributed by atoms with Crippen LogP contribution in [0.5, 0.6) is 28.7 Å². The van der Waals surface area contributed by atoms with Gasteiger partial charge in [-0.2, -0.15) is 11.8 Å². The highest BCUT2D eigenvalue weighted by Gasteiger charge is 2.30. The first kappa shape index (κ1) is 24.6. The van der Waals surface area contributed by atoms with E-state index in [2.05, 4.69) is 35.8 Å². The third kappa shape index (κ3) is 5.29. The zero-order valence-corrected chi connectivity index (χ0v) is 21.3. The molecule has 0 saturated carbocycles. The number of nitrogens with one attached hydrogen (secondary N) is 1. The maximum absolute atomic E-state index is 6.02. The molecule has 32 heavy (non-hydrogen) atoms. The minimum atomic E-state index is 0.343. The Balaban J connectivity index is 1.85. The van der Waals surface area contributed by atoms with Gasteiger partial charge in [0, 0.05) is 23.3 Å². The molecule has 1 aliphatic heterocycles. The molecule has 2 unspecified atom stereocenters. The number of hydrogen-bond acceptors (Lipinski definition) is 8. The third-order valence-electron chi connectivity index (χ3n) is 5.55. The second-order valence-electron chi connectivity index (χ2n) is 7.34. The van der Waals surface area contributed by atoms with Crippen LogP contribution in [-0.4, -0.2) is 54.1 Å². The summed E-state index contributed by atoms with van der Waals surface area (Å²) < 4.78 is 28.3. The van der Waals surface area contributed by atoms with Crippen LogP contribution in [0, 0.1) is 0 Å². The number of methoxy groups -OCH3 is 4. The Hall–Kier alpha value is -2.06. The van der Waals surface area contributed by atoms with Crippen LogP contribution in [0.4, 0.5) is 5.69 Å². The first-order valence-corrected chi connectivity index (χ1v) is 12.9. The van der Waals surface area contributed by atoms with E-state index in [4.69, 9.17) is 23.7 Å². The SMILES string of the molecule is CNc1cc(C2CCC(c3cc(OC)c(OC)c(OC)c3)S2)cc(OC)c1OCCSC. The van der Waals surface area contributed by atoms with E-state index < -0.39 is 0 Å². The van der Waals surface area contributed by atoms with Crippen molar-refractivity contribution in [3.63, 3.8) is 0 Å². The van der Waals surface area contributed by atoms with Gasteiger partial charge in [0.2, 0.25) is 5.75 Å². The molecule has 1 N–H and O–H groups in total. The Morgan fingerprint density at radius 3 is 1.84 bits per heavy atom. The van der Waals surface area contributed by atoms with Crippen LogP contribution < -0.4 is 29.0 Å². The van der Waals surface area contributed by atoms with Gasteiger partial charge in [0.05, 0.1) is 40.7 Å². The molecule has 0 radical (unpaired) electrons. The molecule has 0 spiro atoms. The Morgan fingerprint density at radius 1 is 0.844 bits per heavy atom. The van der Waals surface area contributed by atoms with E-state index >= 15 is 0 Å². The Bertz CT molecular complexity index is 858. The zero-order valence-electron chi connectivity index (χ0n) is 19.7. The predicted molar refractivity (Wildman–Crippen MR) is 135 cm³/mol. The molecule has 6 nitrogen and oxygen atoms in total. The molecule has 0 aromatic heterocycles. The van der Waals surface area contributed by atoms with Crippen molar-refractivity contribution in [2.24, 2.45) is 0 Å². The molecule has 0 aliphatic carbocycles. The fourth-order valence-electron chi connectivity index (χ4n) is 3.94. The Labute approximate surface area is 199 Å². The lowest BCUT2D eigenvalue weighted by molar-refractivity contribution is 0.315. The summed E-state index contributed by atoms with van der Waals surface area (Å²) in [7, 11) is 8.54. The number of thioether (sulfide) groups is 2. The lowest BCUT2D eigenvalue weighted by atomic mass is 10.0. The zero-order chi connectivity index (χ0) is 23.1. The van der Waals surface area contributed by atoms with Gasteiger partial charge < -0.3 is 29.0 Å². The fraction of sp³-hybridized carbons (Fsp3) is 0.500. The first-order valence-electron chi connectivity index (χ1n) is 10.6. The summed E-state index contributed by atoms with van der Waals surface area (Å²) in [6, 6.07) is 8.42. The molecule has 1 fully saturated rings. The molecular formula is C24H33NO5S2. The summed E-state index contributed by atoms with van der Waals surface area (Å²) in [5.74, 6) is 4.48. The smallest absolute Gasteiger partial charge is 0.203 e. The molecule has 1 aliphatic rings. The quantitative estimate of drug-likeness (QED) is 0.405. The van der Waals surface area contributed by atoms with E-state index in [9.17, 15) is 0 Å². The molecule has 1 saturated heterocycles. The van der Waals surface area contributed by atoms with Crippen molar-refractivity contribution in [3.8, 4) is 28.7 Å². The third-order valence-corrected chi connectivity index (χ3v) is 7.80. The summed E-state index contributed by atoms with van der Waals surface area (Å²) in [4.78, 5) is 0. The Morgan fingerprint density at radius 2 is 1.38 bits per heavy atom. The fourth-order valence-corrected chi connectivity index (χ4v) is 5.71. The molecule has 0 amide bonds. The average molecular weight is 480 g/mol. The van der Waals surface area contributed by atoms with Gasteiger partial charge in [0.1, 0.15) is 0 Å². The van der Waals surface area contributed by atoms with Crippen molar-refractivity contribution in [1.82, 2.24) is 0 Å². The highest BCUT2D eigenvalue weighted by Crippen LogP contribution is 2.55. The van der Waals surface area contributed by atoms with Crippen LogP contribution in [0.25, 0.3) is 0 Å². The molecule has 3 rings (SSSR count). The monoisotopic (exact) mass is 479 g/mol. The number of benzene rings is 2. The highest BCUT2D eigenvalue weighted by atomic mass is 32.2. The van der Waals surface area contributed by atoms with Gasteiger partial charge >= 0.3 is 0 Å². The molecular weight excluding hydrogens is 446 g/mol. The summed E-state index contributed by atoms with van der Waals surface area (Å²) in [5, 5.41) is 3.98. The number of ether oxygens (including phenoxy) is 5. The second-order valence-corrected chi connectivity index (χ2v) is 9.74. The van der Waals surface area contributed by atoms with Crippen molar-refractivity contribution in [2.45, 2.75) is 23.3 Å². The summed E-state index contributed by atoms with van der Waals surface area (Å²) >= 11 is 3.72. The maximum Gasteiger partial charge on any atom is 0.203 e. The largest absolute Gasteiger partial charge is 0.493 e. The van der Waals surface area contributed by atoms with Crippen molar-refractivity contribution in [1.29, 1.82) is 0 Å². The van der Waals surface area contributed by atoms with Crippen LogP contribution in [0.3, 0.4) is 0 Å². The molecule has 8 heteroatoms. The van der Waals surface area contributed by atoms with Gasteiger partial charge in [-0.25, -0.2) is 0 Å². The van der Waals surface area contributed by atoms with E-state index in [-0.39, 0.29) is 0 Å². The van der Waals surface area contributed by atoms with Crippen molar-refractivity contribution < 1.29 is 23.7 Å². The van der Waals surface area contributed by atoms with E-state index in [0.29, 0.717) is 34.4 Å². The van der Waals surface area contributed by atoms with Gasteiger partial charge in [0.15, 0.2) is 23.0 Å². The standard InChI is InChI=1S/C24H33NO5S2/c1-25-17-11-15(12-18(26-2)23(17)30-9-10-31-6)21-7-8-22(32-21)16-13-19(27-3)24(29-5)20(14-16)28-4/h11-14,21-22,25H,7-10H2,1-6H3. The van der Waals surface area contributed by atoms with Crippen LogP contribution in [0.2, 0.25) is 0 Å². The van der Waals surface area contributed by atoms with Gasteiger partial charge in [-0.1, -0.05) is 0 Å². The van der Waals surface area contributed by atoms with Crippen molar-refractivity contribution in [3.05, 3.63) is 35.4 Å².